The minimum absolute atomic E-state index is 0.126. The molecule has 9 heteroatoms. The second-order valence-corrected chi connectivity index (χ2v) is 11.2. The lowest BCUT2D eigenvalue weighted by Gasteiger charge is -2.34. The summed E-state index contributed by atoms with van der Waals surface area (Å²) in [5.74, 6) is 2.40. The molecular weight excluding hydrogens is 529 g/mol. The molecule has 8 nitrogen and oxygen atoms in total. The third-order valence-electron chi connectivity index (χ3n) is 8.23. The van der Waals surface area contributed by atoms with Crippen molar-refractivity contribution in [3.63, 3.8) is 0 Å². The molecule has 216 valence electrons. The Bertz CT molecular complexity index is 1540. The summed E-state index contributed by atoms with van der Waals surface area (Å²) < 4.78 is 13.6. The molecular formula is C33H37FN7O+. The van der Waals surface area contributed by atoms with E-state index in [1.165, 1.54) is 12.1 Å². The highest BCUT2D eigenvalue weighted by atomic mass is 19.1. The number of halogens is 1. The molecule has 2 fully saturated rings. The fraction of sp³-hybridized carbons (Fsp3) is 0.333. The number of hydrogen-bond acceptors (Lipinski definition) is 6. The molecule has 0 radical (unpaired) electrons. The average Bonchev–Trinajstić information content (AvgIpc) is 3.46. The van der Waals surface area contributed by atoms with Gasteiger partial charge in [0.15, 0.2) is 5.82 Å². The number of carbonyl (C=O) groups excluding carboxylic acids is 1. The van der Waals surface area contributed by atoms with Gasteiger partial charge in [-0.1, -0.05) is 30.3 Å². The highest BCUT2D eigenvalue weighted by Gasteiger charge is 2.30. The van der Waals surface area contributed by atoms with E-state index in [-0.39, 0.29) is 11.7 Å². The van der Waals surface area contributed by atoms with Gasteiger partial charge in [-0.2, -0.15) is 0 Å². The predicted octanol–water partition coefficient (Wildman–Crippen LogP) is 4.65. The minimum atomic E-state index is -0.254. The van der Waals surface area contributed by atoms with Crippen LogP contribution in [0.15, 0.2) is 72.9 Å². The number of H-pyrrole nitrogens is 1. The van der Waals surface area contributed by atoms with Crippen molar-refractivity contribution >= 4 is 23.5 Å². The molecule has 2 saturated heterocycles. The number of carbonyl (C=O) groups is 1. The molecule has 2 aromatic carbocycles. The summed E-state index contributed by atoms with van der Waals surface area (Å²) >= 11 is 0. The van der Waals surface area contributed by atoms with Crippen LogP contribution in [0.4, 0.5) is 22.0 Å². The molecule has 1 amide bonds. The van der Waals surface area contributed by atoms with Gasteiger partial charge in [-0.15, -0.1) is 4.98 Å². The van der Waals surface area contributed by atoms with E-state index in [0.717, 1.165) is 85.5 Å². The van der Waals surface area contributed by atoms with Gasteiger partial charge in [-0.3, -0.25) is 9.69 Å². The van der Waals surface area contributed by atoms with Crippen molar-refractivity contribution < 1.29 is 14.2 Å². The molecule has 42 heavy (non-hydrogen) atoms. The largest absolute Gasteiger partial charge is 0.351 e. The number of aromatic amines is 1. The lowest BCUT2D eigenvalue weighted by molar-refractivity contribution is -0.354. The standard InChI is InChI=1S/C33H36FN7O/c1-23-19-27(32(42)36-21-25-8-4-3-5-9-25)22-35-31(23)40-17-15-39(16-18-40)30-20-29(26-10-12-28(34)13-11-26)37-33(38-30)41-14-6-7-24(41)2/h3-5,8-13,19-20,22,24H,6-7,14-18,21H2,1-2H3,(H,36,42)/p+1. The molecule has 0 aliphatic carbocycles. The maximum atomic E-state index is 13.6. The zero-order chi connectivity index (χ0) is 29.1. The summed E-state index contributed by atoms with van der Waals surface area (Å²) in [5, 5.41) is 2.98. The molecule has 2 N–H and O–H groups in total. The van der Waals surface area contributed by atoms with Gasteiger partial charge in [0.1, 0.15) is 17.3 Å². The Morgan fingerprint density at radius 2 is 1.74 bits per heavy atom. The molecule has 6 rings (SSSR count). The lowest BCUT2D eigenvalue weighted by Crippen LogP contribution is -2.49. The summed E-state index contributed by atoms with van der Waals surface area (Å²) in [4.78, 5) is 33.0. The van der Waals surface area contributed by atoms with Gasteiger partial charge in [0.2, 0.25) is 0 Å². The highest BCUT2D eigenvalue weighted by Crippen LogP contribution is 2.28. The Balaban J connectivity index is 1.15. The number of piperazine rings is 1. The number of aromatic nitrogens is 3. The van der Waals surface area contributed by atoms with E-state index >= 15 is 0 Å². The predicted molar refractivity (Wildman–Crippen MR) is 163 cm³/mol. The Hall–Kier alpha value is -4.53. The molecule has 1 unspecified atom stereocenters. The van der Waals surface area contributed by atoms with Crippen LogP contribution >= 0.6 is 0 Å². The number of pyridine rings is 1. The zero-order valence-corrected chi connectivity index (χ0v) is 24.2. The van der Waals surface area contributed by atoms with Crippen LogP contribution in [0.25, 0.3) is 11.3 Å². The molecule has 4 aromatic rings. The highest BCUT2D eigenvalue weighted by molar-refractivity contribution is 5.94. The summed E-state index contributed by atoms with van der Waals surface area (Å²) in [6.07, 6.45) is 3.96. The molecule has 0 bridgehead atoms. The van der Waals surface area contributed by atoms with E-state index in [2.05, 4.69) is 38.0 Å². The second-order valence-electron chi connectivity index (χ2n) is 11.2. The number of nitrogens with zero attached hydrogens (tertiary/aromatic N) is 5. The van der Waals surface area contributed by atoms with Crippen LogP contribution in [-0.4, -0.2) is 54.6 Å². The van der Waals surface area contributed by atoms with Crippen LogP contribution in [0.2, 0.25) is 0 Å². The molecule has 2 aromatic heterocycles. The summed E-state index contributed by atoms with van der Waals surface area (Å²) in [6, 6.07) is 20.8. The zero-order valence-electron chi connectivity index (χ0n) is 24.2. The van der Waals surface area contributed by atoms with Gasteiger partial charge in [0.05, 0.1) is 31.2 Å². The fourth-order valence-electron chi connectivity index (χ4n) is 5.84. The maximum absolute atomic E-state index is 13.6. The fourth-order valence-corrected chi connectivity index (χ4v) is 5.84. The minimum Gasteiger partial charge on any atom is -0.351 e. The van der Waals surface area contributed by atoms with E-state index in [1.54, 1.807) is 18.3 Å². The van der Waals surface area contributed by atoms with E-state index in [9.17, 15) is 9.18 Å². The van der Waals surface area contributed by atoms with Crippen molar-refractivity contribution in [3.8, 4) is 11.3 Å². The third-order valence-corrected chi connectivity index (χ3v) is 8.23. The molecule has 4 heterocycles. The quantitative estimate of drug-likeness (QED) is 0.351. The van der Waals surface area contributed by atoms with Crippen LogP contribution in [0.3, 0.4) is 0 Å². The summed E-state index contributed by atoms with van der Waals surface area (Å²) in [6.45, 7) is 8.90. The van der Waals surface area contributed by atoms with Crippen LogP contribution in [0.1, 0.15) is 41.3 Å². The SMILES string of the molecule is Cc1cc(C(=O)NCc2ccccc2)cnc1N1CCN(c2cc(-c3ccc(F)cc3)nc(N3CCCC3C)[nH+]2)CC1. The summed E-state index contributed by atoms with van der Waals surface area (Å²) in [7, 11) is 0. The van der Waals surface area contributed by atoms with Crippen LogP contribution in [-0.2, 0) is 6.54 Å². The third kappa shape index (κ3) is 6.05. The van der Waals surface area contributed by atoms with Crippen molar-refractivity contribution in [3.05, 3.63) is 95.4 Å². The maximum Gasteiger partial charge on any atom is 0.348 e. The van der Waals surface area contributed by atoms with Crippen molar-refractivity contribution in [2.24, 2.45) is 0 Å². The Kier molecular flexibility index (Phi) is 7.99. The van der Waals surface area contributed by atoms with Gasteiger partial charge >= 0.3 is 5.95 Å². The number of benzene rings is 2. The second kappa shape index (κ2) is 12.1. The van der Waals surface area contributed by atoms with Crippen LogP contribution in [0.5, 0.6) is 0 Å². The Morgan fingerprint density at radius 3 is 2.43 bits per heavy atom. The number of nitrogens with one attached hydrogen (secondary N) is 2. The first kappa shape index (κ1) is 27.6. The first-order valence-electron chi connectivity index (χ1n) is 14.7. The Morgan fingerprint density at radius 1 is 1.00 bits per heavy atom. The van der Waals surface area contributed by atoms with Crippen molar-refractivity contribution in [2.45, 2.75) is 39.3 Å². The van der Waals surface area contributed by atoms with E-state index in [0.29, 0.717) is 18.2 Å². The van der Waals surface area contributed by atoms with E-state index in [1.807, 2.05) is 43.3 Å². The molecule has 0 spiro atoms. The Labute approximate surface area is 246 Å². The van der Waals surface area contributed by atoms with Crippen molar-refractivity contribution in [1.29, 1.82) is 0 Å². The van der Waals surface area contributed by atoms with Gasteiger partial charge in [-0.25, -0.2) is 14.4 Å². The first-order valence-corrected chi connectivity index (χ1v) is 14.7. The normalized spacial score (nSPS) is 17.0. The van der Waals surface area contributed by atoms with Gasteiger partial charge in [-0.05, 0) is 68.1 Å². The monoisotopic (exact) mass is 566 g/mol. The molecule has 2 aliphatic rings. The molecule has 0 saturated carbocycles. The van der Waals surface area contributed by atoms with E-state index in [4.69, 9.17) is 9.97 Å². The summed E-state index contributed by atoms with van der Waals surface area (Å²) in [5.41, 5.74) is 4.33. The van der Waals surface area contributed by atoms with E-state index < -0.39 is 0 Å². The van der Waals surface area contributed by atoms with Gasteiger partial charge < -0.3 is 15.1 Å². The number of aryl methyl sites for hydroxylation is 1. The number of anilines is 3. The van der Waals surface area contributed by atoms with Crippen LogP contribution in [0, 0.1) is 12.7 Å². The van der Waals surface area contributed by atoms with Gasteiger partial charge in [0, 0.05) is 37.5 Å². The average molecular weight is 567 g/mol. The lowest BCUT2D eigenvalue weighted by atomic mass is 10.1. The first-order chi connectivity index (χ1) is 20.4. The molecule has 1 atom stereocenters. The van der Waals surface area contributed by atoms with Gasteiger partial charge in [0.25, 0.3) is 5.91 Å². The number of amides is 1. The van der Waals surface area contributed by atoms with Crippen LogP contribution < -0.4 is 25.0 Å². The number of hydrogen-bond donors (Lipinski definition) is 1. The van der Waals surface area contributed by atoms with Crippen molar-refractivity contribution in [2.75, 3.05) is 47.4 Å². The topological polar surface area (TPSA) is 78.7 Å². The van der Waals surface area contributed by atoms with Crippen molar-refractivity contribution in [1.82, 2.24) is 15.3 Å². The molecule has 2 aliphatic heterocycles. The number of rotatable bonds is 7. The smallest absolute Gasteiger partial charge is 0.348 e.